The van der Waals surface area contributed by atoms with Crippen LogP contribution in [0.3, 0.4) is 0 Å². The number of halogens is 1. The molecule has 0 fully saturated rings. The lowest BCUT2D eigenvalue weighted by molar-refractivity contribution is -0.385. The van der Waals surface area contributed by atoms with Crippen LogP contribution in [0, 0.1) is 20.2 Å². The Morgan fingerprint density at radius 3 is 1.79 bits per heavy atom. The van der Waals surface area contributed by atoms with E-state index in [9.17, 15) is 34.9 Å². The summed E-state index contributed by atoms with van der Waals surface area (Å²) in [4.78, 5) is 54.8. The summed E-state index contributed by atoms with van der Waals surface area (Å²) in [7, 11) is 1.30. The Kier molecular flexibility index (Phi) is 8.69. The number of rotatable bonds is 3. The topological polar surface area (TPSA) is 207 Å². The van der Waals surface area contributed by atoms with Crippen molar-refractivity contribution in [1.29, 1.82) is 0 Å². The van der Waals surface area contributed by atoms with Crippen LogP contribution in [-0.2, 0) is 0 Å². The van der Waals surface area contributed by atoms with Gasteiger partial charge in [-0.3, -0.25) is 29.8 Å². The molecular formula is C18H17BrN6O8. The largest absolute Gasteiger partial charge is 0.502 e. The fourth-order valence-corrected chi connectivity index (χ4v) is 2.63. The fourth-order valence-electron chi connectivity index (χ4n) is 2.63. The van der Waals surface area contributed by atoms with E-state index in [0.29, 0.717) is 0 Å². The zero-order valence-corrected chi connectivity index (χ0v) is 17.7. The maximum Gasteiger partial charge on any atom is 0.313 e. The molecule has 2 heterocycles. The van der Waals surface area contributed by atoms with Crippen molar-refractivity contribution in [3.05, 3.63) is 77.9 Å². The number of nitrogens with zero attached hydrogens (tertiary/aromatic N) is 4. The minimum atomic E-state index is -0.738. The van der Waals surface area contributed by atoms with Crippen molar-refractivity contribution in [3.8, 4) is 11.5 Å². The zero-order valence-electron chi connectivity index (χ0n) is 16.0. The molecule has 14 nitrogen and oxygen atoms in total. The zero-order chi connectivity index (χ0) is 22.7. The van der Waals surface area contributed by atoms with Gasteiger partial charge in [-0.1, -0.05) is 7.43 Å². The molecule has 0 bridgehead atoms. The first-order valence-electron chi connectivity index (χ1n) is 8.27. The number of nitro groups is 2. The first kappa shape index (κ1) is 26.6. The summed E-state index contributed by atoms with van der Waals surface area (Å²) in [6, 6.07) is 4.60. The van der Waals surface area contributed by atoms with Gasteiger partial charge in [0, 0.05) is 24.3 Å². The van der Waals surface area contributed by atoms with Gasteiger partial charge in [0.2, 0.25) is 0 Å². The molecule has 0 saturated heterocycles. The molecule has 33 heavy (non-hydrogen) atoms. The second-order valence-corrected chi connectivity index (χ2v) is 5.88. The summed E-state index contributed by atoms with van der Waals surface area (Å²) in [6.07, 6.45) is 2.34. The molecule has 2 aromatic heterocycles. The Morgan fingerprint density at radius 2 is 1.33 bits per heavy atom. The van der Waals surface area contributed by atoms with Crippen molar-refractivity contribution in [3.63, 3.8) is 0 Å². The molecule has 0 aliphatic carbocycles. The van der Waals surface area contributed by atoms with Gasteiger partial charge in [-0.2, -0.15) is 0 Å². The molecule has 0 atom stereocenters. The van der Waals surface area contributed by atoms with Crippen LogP contribution in [0.5, 0.6) is 11.5 Å². The van der Waals surface area contributed by atoms with Crippen molar-refractivity contribution in [2.45, 2.75) is 7.43 Å². The van der Waals surface area contributed by atoms with Gasteiger partial charge < -0.3 is 19.8 Å². The lowest BCUT2D eigenvalue weighted by Crippen LogP contribution is -2.07. The normalized spacial score (nSPS) is 9.73. The lowest BCUT2D eigenvalue weighted by Gasteiger charge is -2.02. The summed E-state index contributed by atoms with van der Waals surface area (Å²) in [5.74, 6) is -0.512. The Hall–Kier alpha value is -4.40. The number of methoxy groups -OCH3 is 1. The van der Waals surface area contributed by atoms with Gasteiger partial charge in [0.05, 0.1) is 51.4 Å². The molecule has 0 aliphatic heterocycles. The summed E-state index contributed by atoms with van der Waals surface area (Å²) >= 11 is 0. The quantitative estimate of drug-likeness (QED) is 0.263. The van der Waals surface area contributed by atoms with Crippen LogP contribution in [-0.4, -0.2) is 42.0 Å². The average Bonchev–Trinajstić information content (AvgIpc) is 2.73. The third-order valence-corrected chi connectivity index (χ3v) is 4.07. The van der Waals surface area contributed by atoms with Gasteiger partial charge in [0.15, 0.2) is 11.5 Å². The number of hydrogen-bond acceptors (Lipinski definition) is 10. The van der Waals surface area contributed by atoms with Crippen molar-refractivity contribution in [1.82, 2.24) is 19.9 Å². The molecule has 4 aromatic rings. The molecule has 2 aromatic carbocycles. The van der Waals surface area contributed by atoms with Crippen molar-refractivity contribution in [2.24, 2.45) is 0 Å². The van der Waals surface area contributed by atoms with E-state index in [-0.39, 0.29) is 63.2 Å². The van der Waals surface area contributed by atoms with E-state index in [2.05, 4.69) is 19.9 Å². The number of nitrogens with one attached hydrogen (secondary N) is 2. The predicted molar refractivity (Wildman–Crippen MR) is 123 cm³/mol. The minimum absolute atomic E-state index is 0. The Morgan fingerprint density at radius 1 is 0.879 bits per heavy atom. The first-order chi connectivity index (χ1) is 14.7. The van der Waals surface area contributed by atoms with Crippen LogP contribution >= 0.6 is 17.0 Å². The molecule has 0 radical (unpaired) electrons. The predicted octanol–water partition coefficient (Wildman–Crippen LogP) is 2.59. The van der Waals surface area contributed by atoms with Crippen molar-refractivity contribution in [2.75, 3.05) is 7.11 Å². The molecule has 0 spiro atoms. The van der Waals surface area contributed by atoms with E-state index in [4.69, 9.17) is 4.74 Å². The lowest BCUT2D eigenvalue weighted by atomic mass is 10.2. The summed E-state index contributed by atoms with van der Waals surface area (Å²) in [6.45, 7) is 0. The van der Waals surface area contributed by atoms with E-state index in [0.717, 1.165) is 18.5 Å². The highest BCUT2D eigenvalue weighted by Crippen LogP contribution is 2.29. The number of ether oxygens (including phenoxy) is 1. The Labute approximate surface area is 194 Å². The number of hydrogen-bond donors (Lipinski definition) is 3. The van der Waals surface area contributed by atoms with Gasteiger partial charge in [-0.15, -0.1) is 17.0 Å². The maximum atomic E-state index is 11.4. The molecule has 0 saturated carbocycles. The standard InChI is InChI=1S/C9H7N3O4.C8H5N3O4.CH4.BrH/c1-16-8-2-5-6(3-7(8)12(14)15)10-4-11-9(5)13;12-7-1-4-5(2-6(7)11(14)15)9-3-10-8(4)13;;/h2-4H,1H3,(H,10,11,13);1-3,12H,(H,9,10,13);1H4;1H. The second kappa shape index (κ2) is 10.8. The van der Waals surface area contributed by atoms with Gasteiger partial charge in [-0.05, 0) is 0 Å². The third kappa shape index (κ3) is 5.45. The number of fused-ring (bicyclic) bond motifs is 2. The molecule has 0 aliphatic rings. The Balaban J connectivity index is 0.000000312. The first-order valence-corrected chi connectivity index (χ1v) is 8.27. The van der Waals surface area contributed by atoms with Crippen LogP contribution in [0.25, 0.3) is 21.8 Å². The van der Waals surface area contributed by atoms with Crippen LogP contribution in [0.4, 0.5) is 11.4 Å². The number of aromatic amines is 2. The summed E-state index contributed by atoms with van der Waals surface area (Å²) < 4.78 is 4.85. The molecular weight excluding hydrogens is 508 g/mol. The van der Waals surface area contributed by atoms with E-state index >= 15 is 0 Å². The molecule has 174 valence electrons. The van der Waals surface area contributed by atoms with Gasteiger partial charge in [-0.25, -0.2) is 9.97 Å². The van der Waals surface area contributed by atoms with Crippen LogP contribution in [0.2, 0.25) is 0 Å². The molecule has 15 heteroatoms. The monoisotopic (exact) mass is 524 g/mol. The average molecular weight is 525 g/mol. The number of benzene rings is 2. The number of aromatic nitrogens is 4. The fraction of sp³-hybridized carbons (Fsp3) is 0.111. The van der Waals surface area contributed by atoms with E-state index < -0.39 is 26.8 Å². The second-order valence-electron chi connectivity index (χ2n) is 5.88. The number of phenols is 1. The Bertz CT molecular complexity index is 1450. The van der Waals surface area contributed by atoms with Gasteiger partial charge in [0.1, 0.15) is 0 Å². The molecule has 4 rings (SSSR count). The number of nitro benzene ring substituents is 2. The minimum Gasteiger partial charge on any atom is -0.502 e. The van der Waals surface area contributed by atoms with Crippen LogP contribution < -0.4 is 15.9 Å². The van der Waals surface area contributed by atoms with Crippen LogP contribution in [0.15, 0.2) is 46.5 Å². The van der Waals surface area contributed by atoms with E-state index in [1.165, 1.54) is 25.6 Å². The van der Waals surface area contributed by atoms with Crippen LogP contribution in [0.1, 0.15) is 7.43 Å². The van der Waals surface area contributed by atoms with Gasteiger partial charge >= 0.3 is 11.4 Å². The summed E-state index contributed by atoms with van der Waals surface area (Å²) in [5, 5.41) is 30.9. The van der Waals surface area contributed by atoms with Crippen molar-refractivity contribution < 1.29 is 19.7 Å². The smallest absolute Gasteiger partial charge is 0.313 e. The molecule has 3 N–H and O–H groups in total. The number of H-pyrrole nitrogens is 2. The number of aromatic hydroxyl groups is 1. The van der Waals surface area contributed by atoms with Gasteiger partial charge in [0.25, 0.3) is 11.1 Å². The van der Waals surface area contributed by atoms with E-state index in [1.807, 2.05) is 0 Å². The van der Waals surface area contributed by atoms with Crippen molar-refractivity contribution >= 4 is 50.2 Å². The highest BCUT2D eigenvalue weighted by Gasteiger charge is 2.17. The van der Waals surface area contributed by atoms with E-state index in [1.54, 1.807) is 0 Å². The molecule has 0 unspecified atom stereocenters. The third-order valence-electron chi connectivity index (χ3n) is 4.07. The SMILES string of the molecule is Br.C.COc1cc2c(=O)[nH]cnc2cc1[N+](=O)[O-].O=c1[nH]cnc2cc([N+](=O)[O-])c(O)cc12. The summed E-state index contributed by atoms with van der Waals surface area (Å²) in [5.41, 5.74) is -1.07. The molecule has 0 amide bonds. The highest BCUT2D eigenvalue weighted by atomic mass is 79.9. The highest BCUT2D eigenvalue weighted by molar-refractivity contribution is 8.93. The maximum absolute atomic E-state index is 11.4. The number of phenolic OH excluding ortho intramolecular Hbond substituents is 1.